The van der Waals surface area contributed by atoms with Crippen LogP contribution in [0, 0.1) is 18.8 Å². The van der Waals surface area contributed by atoms with Crippen molar-refractivity contribution < 1.29 is 29.3 Å². The Hall–Kier alpha value is -3.06. The molecule has 1 heterocycles. The summed E-state index contributed by atoms with van der Waals surface area (Å²) in [7, 11) is 1.33. The molecule has 7 nitrogen and oxygen atoms in total. The summed E-state index contributed by atoms with van der Waals surface area (Å²) in [4.78, 5) is 26.5. The molecule has 2 N–H and O–H groups in total. The lowest BCUT2D eigenvalue weighted by Crippen LogP contribution is -2.42. The molecule has 2 fully saturated rings. The van der Waals surface area contributed by atoms with Crippen molar-refractivity contribution in [3.8, 4) is 11.5 Å². The van der Waals surface area contributed by atoms with E-state index in [2.05, 4.69) is 0 Å². The van der Waals surface area contributed by atoms with E-state index in [4.69, 9.17) is 9.47 Å². The first-order valence-electron chi connectivity index (χ1n) is 10.5. The van der Waals surface area contributed by atoms with Gasteiger partial charge in [0.2, 0.25) is 0 Å². The van der Waals surface area contributed by atoms with Gasteiger partial charge in [0.05, 0.1) is 18.8 Å². The number of aromatic hydroxyl groups is 1. The van der Waals surface area contributed by atoms with Crippen molar-refractivity contribution in [1.82, 2.24) is 4.90 Å². The minimum Gasteiger partial charge on any atom is -0.508 e. The van der Waals surface area contributed by atoms with E-state index in [-0.39, 0.29) is 23.5 Å². The molecule has 2 aromatic carbocycles. The third-order valence-corrected chi connectivity index (χ3v) is 6.36. The summed E-state index contributed by atoms with van der Waals surface area (Å²) in [5.41, 5.74) is 1.62. The molecule has 2 aromatic rings. The molecule has 2 aliphatic rings. The Morgan fingerprint density at radius 1 is 1.03 bits per heavy atom. The van der Waals surface area contributed by atoms with Crippen LogP contribution in [-0.4, -0.2) is 59.4 Å². The molecule has 7 heteroatoms. The molecule has 0 aromatic heterocycles. The number of fused-ring (bicyclic) bond motifs is 1. The van der Waals surface area contributed by atoms with Crippen LogP contribution >= 0.6 is 0 Å². The van der Waals surface area contributed by atoms with Gasteiger partial charge >= 0.3 is 5.97 Å². The summed E-state index contributed by atoms with van der Waals surface area (Å²) < 4.78 is 10.8. The van der Waals surface area contributed by atoms with E-state index in [1.54, 1.807) is 49.4 Å². The molecular formula is C24H27NO6. The zero-order valence-corrected chi connectivity index (χ0v) is 17.7. The average Bonchev–Trinajstić information content (AvgIpc) is 3.17. The molecule has 4 rings (SSSR count). The highest BCUT2D eigenvalue weighted by Gasteiger charge is 2.44. The Morgan fingerprint density at radius 3 is 2.48 bits per heavy atom. The van der Waals surface area contributed by atoms with Crippen molar-refractivity contribution in [2.24, 2.45) is 11.8 Å². The van der Waals surface area contributed by atoms with Crippen LogP contribution < -0.4 is 4.74 Å². The molecule has 0 unspecified atom stereocenters. The second-order valence-corrected chi connectivity index (χ2v) is 8.45. The van der Waals surface area contributed by atoms with Crippen molar-refractivity contribution in [2.75, 3.05) is 20.2 Å². The van der Waals surface area contributed by atoms with Gasteiger partial charge in [0, 0.05) is 18.7 Å². The van der Waals surface area contributed by atoms with Crippen LogP contribution in [0.5, 0.6) is 11.5 Å². The summed E-state index contributed by atoms with van der Waals surface area (Å²) in [5.74, 6) is 0.638. The smallest absolute Gasteiger partial charge is 0.337 e. The number of likely N-dealkylation sites (tertiary alicyclic amines) is 1. The second kappa shape index (κ2) is 8.59. The number of phenolic OH excluding ortho intramolecular Hbond substituents is 1. The number of nitrogens with zero attached hydrogens (tertiary/aromatic N) is 1. The van der Waals surface area contributed by atoms with Crippen molar-refractivity contribution >= 4 is 11.9 Å². The lowest BCUT2D eigenvalue weighted by molar-refractivity contribution is -0.0231. The highest BCUT2D eigenvalue weighted by atomic mass is 16.5. The van der Waals surface area contributed by atoms with Gasteiger partial charge in [0.1, 0.15) is 17.6 Å². The van der Waals surface area contributed by atoms with Gasteiger partial charge in [-0.15, -0.1) is 0 Å². The van der Waals surface area contributed by atoms with E-state index in [0.717, 1.165) is 0 Å². The Bertz CT molecular complexity index is 990. The van der Waals surface area contributed by atoms with Crippen LogP contribution in [0.4, 0.5) is 0 Å². The minimum atomic E-state index is -0.644. The van der Waals surface area contributed by atoms with Gasteiger partial charge in [-0.2, -0.15) is 0 Å². The first kappa shape index (κ1) is 21.2. The highest BCUT2D eigenvalue weighted by molar-refractivity contribution is 5.94. The van der Waals surface area contributed by atoms with E-state index in [1.165, 1.54) is 7.11 Å². The van der Waals surface area contributed by atoms with E-state index in [0.29, 0.717) is 48.4 Å². The molecule has 1 saturated carbocycles. The second-order valence-electron chi connectivity index (χ2n) is 8.45. The molecule has 0 spiro atoms. The van der Waals surface area contributed by atoms with E-state index < -0.39 is 18.2 Å². The number of aliphatic hydroxyl groups is 1. The van der Waals surface area contributed by atoms with E-state index in [1.807, 2.05) is 4.90 Å². The molecule has 0 bridgehead atoms. The third-order valence-electron chi connectivity index (χ3n) is 6.36. The van der Waals surface area contributed by atoms with Gasteiger partial charge < -0.3 is 24.6 Å². The lowest BCUT2D eigenvalue weighted by atomic mass is 9.78. The Kier molecular flexibility index (Phi) is 5.87. The van der Waals surface area contributed by atoms with Crippen molar-refractivity contribution in [1.29, 1.82) is 0 Å². The normalized spacial score (nSPS) is 25.1. The lowest BCUT2D eigenvalue weighted by Gasteiger charge is -2.35. The topological polar surface area (TPSA) is 96.3 Å². The molecule has 4 atom stereocenters. The molecule has 1 aliphatic carbocycles. The number of carbonyl (C=O) groups is 2. The fourth-order valence-electron chi connectivity index (χ4n) is 4.64. The summed E-state index contributed by atoms with van der Waals surface area (Å²) >= 11 is 0. The van der Waals surface area contributed by atoms with Gasteiger partial charge in [-0.05, 0) is 73.6 Å². The maximum atomic E-state index is 12.9. The number of esters is 1. The van der Waals surface area contributed by atoms with Gasteiger partial charge in [0.15, 0.2) is 0 Å². The van der Waals surface area contributed by atoms with Crippen LogP contribution in [-0.2, 0) is 4.74 Å². The van der Waals surface area contributed by atoms with Crippen LogP contribution in [0.1, 0.15) is 39.1 Å². The van der Waals surface area contributed by atoms with Gasteiger partial charge in [-0.25, -0.2) is 4.79 Å². The average molecular weight is 425 g/mol. The fraction of sp³-hybridized carbons (Fsp3) is 0.417. The maximum Gasteiger partial charge on any atom is 0.337 e. The molecule has 164 valence electrons. The summed E-state index contributed by atoms with van der Waals surface area (Å²) in [5, 5.41) is 20.4. The van der Waals surface area contributed by atoms with Gasteiger partial charge in [-0.3, -0.25) is 4.79 Å². The Morgan fingerprint density at radius 2 is 1.77 bits per heavy atom. The van der Waals surface area contributed by atoms with Crippen molar-refractivity contribution in [3.63, 3.8) is 0 Å². The summed E-state index contributed by atoms with van der Waals surface area (Å²) in [6, 6.07) is 11.6. The monoisotopic (exact) mass is 425 g/mol. The number of aryl methyl sites for hydroxylation is 1. The maximum absolute atomic E-state index is 12.9. The zero-order chi connectivity index (χ0) is 22.1. The number of carbonyl (C=O) groups excluding carboxylic acids is 2. The van der Waals surface area contributed by atoms with Crippen LogP contribution in [0.3, 0.4) is 0 Å². The third kappa shape index (κ3) is 4.37. The number of amides is 1. The SMILES string of the molecule is COC(=O)c1cccc(O[C@@H]2C[C@@H]3CN(C(=O)c4ccc(O)c(C)c4)C[C@@H]3C[C@H]2O)c1. The molecule has 1 aliphatic heterocycles. The fourth-order valence-corrected chi connectivity index (χ4v) is 4.64. The number of ether oxygens (including phenoxy) is 2. The number of methoxy groups -OCH3 is 1. The largest absolute Gasteiger partial charge is 0.508 e. The number of benzene rings is 2. The standard InChI is InChI=1S/C24H27NO6/c1-14-8-15(6-7-20(14)26)23(28)25-12-17-10-21(27)22(11-18(17)13-25)31-19-5-3-4-16(9-19)24(29)30-2/h3-9,17-18,21-22,26-27H,10-13H2,1-2H3/t17-,18+,21+,22+/m0/s1. The molecular weight excluding hydrogens is 398 g/mol. The number of hydrogen-bond donors (Lipinski definition) is 2. The number of aliphatic hydroxyl groups excluding tert-OH is 1. The Balaban J connectivity index is 1.43. The predicted molar refractivity (Wildman–Crippen MR) is 113 cm³/mol. The number of hydrogen-bond acceptors (Lipinski definition) is 6. The predicted octanol–water partition coefficient (Wildman–Crippen LogP) is 2.78. The molecule has 0 radical (unpaired) electrons. The van der Waals surface area contributed by atoms with Crippen molar-refractivity contribution in [2.45, 2.75) is 32.0 Å². The summed E-state index contributed by atoms with van der Waals surface area (Å²) in [6.45, 7) is 2.98. The minimum absolute atomic E-state index is 0.0600. The zero-order valence-electron chi connectivity index (χ0n) is 17.7. The first-order chi connectivity index (χ1) is 14.9. The van der Waals surface area contributed by atoms with Gasteiger partial charge in [0.25, 0.3) is 5.91 Å². The highest BCUT2D eigenvalue weighted by Crippen LogP contribution is 2.38. The number of rotatable bonds is 4. The first-order valence-corrected chi connectivity index (χ1v) is 10.5. The quantitative estimate of drug-likeness (QED) is 0.732. The number of phenols is 1. The van der Waals surface area contributed by atoms with Crippen LogP contribution in [0.25, 0.3) is 0 Å². The van der Waals surface area contributed by atoms with Crippen LogP contribution in [0.2, 0.25) is 0 Å². The molecule has 1 saturated heterocycles. The Labute approximate surface area is 181 Å². The van der Waals surface area contributed by atoms with E-state index >= 15 is 0 Å². The van der Waals surface area contributed by atoms with E-state index in [9.17, 15) is 19.8 Å². The summed E-state index contributed by atoms with van der Waals surface area (Å²) in [6.07, 6.45) is 0.144. The van der Waals surface area contributed by atoms with Crippen LogP contribution in [0.15, 0.2) is 42.5 Å². The van der Waals surface area contributed by atoms with Crippen molar-refractivity contribution in [3.05, 3.63) is 59.2 Å². The molecule has 1 amide bonds. The van der Waals surface area contributed by atoms with Gasteiger partial charge in [-0.1, -0.05) is 6.07 Å². The molecule has 31 heavy (non-hydrogen) atoms.